The predicted octanol–water partition coefficient (Wildman–Crippen LogP) is 4.87. The van der Waals surface area contributed by atoms with E-state index in [4.69, 9.17) is 4.74 Å². The number of hydrogen-bond donors (Lipinski definition) is 0. The molecule has 0 aliphatic carbocycles. The van der Waals surface area contributed by atoms with Crippen LogP contribution < -0.4 is 4.74 Å². The van der Waals surface area contributed by atoms with Gasteiger partial charge in [0, 0.05) is 15.2 Å². The van der Waals surface area contributed by atoms with E-state index in [0.29, 0.717) is 5.56 Å². The van der Waals surface area contributed by atoms with E-state index in [1.807, 2.05) is 54.6 Å². The maximum absolute atomic E-state index is 9.20. The predicted molar refractivity (Wildman–Crippen MR) is 85.8 cm³/mol. The smallest absolute Gasteiger partial charge is 0.118 e. The Kier molecular flexibility index (Phi) is 3.81. The van der Waals surface area contributed by atoms with Crippen LogP contribution in [0, 0.1) is 11.3 Å². The molecule has 0 atom stereocenters. The molecule has 0 saturated heterocycles. The quantitative estimate of drug-likeness (QED) is 0.690. The number of benzene rings is 3. The standard InChI is InChI=1S/C18H13NOS/c1-20-14-7-9-15(10-8-14)21-18-11-6-13(12-19)16-4-2-3-5-17(16)18/h2-11H,1H3. The molecule has 3 aromatic rings. The zero-order valence-electron chi connectivity index (χ0n) is 11.5. The lowest BCUT2D eigenvalue weighted by atomic mass is 10.1. The Bertz CT molecular complexity index is 819. The first-order chi connectivity index (χ1) is 10.3. The molecule has 3 rings (SSSR count). The van der Waals surface area contributed by atoms with Crippen molar-refractivity contribution in [3.05, 3.63) is 66.2 Å². The van der Waals surface area contributed by atoms with Gasteiger partial charge in [-0.25, -0.2) is 0 Å². The van der Waals surface area contributed by atoms with Crippen LogP contribution in [0.5, 0.6) is 5.75 Å². The van der Waals surface area contributed by atoms with Crippen molar-refractivity contribution in [2.75, 3.05) is 7.11 Å². The van der Waals surface area contributed by atoms with Gasteiger partial charge in [0.05, 0.1) is 18.7 Å². The number of nitriles is 1. The monoisotopic (exact) mass is 291 g/mol. The average Bonchev–Trinajstić information content (AvgIpc) is 2.56. The van der Waals surface area contributed by atoms with Gasteiger partial charge in [-0.1, -0.05) is 36.0 Å². The van der Waals surface area contributed by atoms with Gasteiger partial charge in [-0.15, -0.1) is 0 Å². The van der Waals surface area contributed by atoms with E-state index < -0.39 is 0 Å². The topological polar surface area (TPSA) is 33.0 Å². The van der Waals surface area contributed by atoms with Crippen molar-refractivity contribution in [2.45, 2.75) is 9.79 Å². The summed E-state index contributed by atoms with van der Waals surface area (Å²) in [5.74, 6) is 0.851. The van der Waals surface area contributed by atoms with Crippen molar-refractivity contribution in [3.63, 3.8) is 0 Å². The fourth-order valence-electron chi connectivity index (χ4n) is 2.23. The van der Waals surface area contributed by atoms with Crippen molar-refractivity contribution in [1.82, 2.24) is 0 Å². The fraction of sp³-hybridized carbons (Fsp3) is 0.0556. The Morgan fingerprint density at radius 1 is 0.905 bits per heavy atom. The first kappa shape index (κ1) is 13.5. The molecule has 0 spiro atoms. The molecule has 3 aromatic carbocycles. The second-order valence-electron chi connectivity index (χ2n) is 4.55. The van der Waals surface area contributed by atoms with Crippen LogP contribution in [0.2, 0.25) is 0 Å². The molecule has 0 N–H and O–H groups in total. The summed E-state index contributed by atoms with van der Waals surface area (Å²) < 4.78 is 5.17. The second-order valence-corrected chi connectivity index (χ2v) is 5.66. The number of hydrogen-bond acceptors (Lipinski definition) is 3. The van der Waals surface area contributed by atoms with Gasteiger partial charge in [-0.05, 0) is 41.8 Å². The number of rotatable bonds is 3. The molecule has 3 heteroatoms. The minimum absolute atomic E-state index is 0.713. The van der Waals surface area contributed by atoms with Crippen LogP contribution in [0.15, 0.2) is 70.5 Å². The second kappa shape index (κ2) is 5.90. The van der Waals surface area contributed by atoms with Crippen LogP contribution in [-0.4, -0.2) is 7.11 Å². The van der Waals surface area contributed by atoms with Gasteiger partial charge in [-0.3, -0.25) is 0 Å². The van der Waals surface area contributed by atoms with E-state index in [1.165, 1.54) is 0 Å². The van der Waals surface area contributed by atoms with Crippen LogP contribution in [0.3, 0.4) is 0 Å². The van der Waals surface area contributed by atoms with E-state index in [0.717, 1.165) is 26.3 Å². The van der Waals surface area contributed by atoms with Crippen LogP contribution in [0.1, 0.15) is 5.56 Å². The lowest BCUT2D eigenvalue weighted by molar-refractivity contribution is 0.414. The van der Waals surface area contributed by atoms with Gasteiger partial charge < -0.3 is 4.74 Å². The molecule has 0 saturated carbocycles. The Morgan fingerprint density at radius 3 is 2.29 bits per heavy atom. The maximum atomic E-state index is 9.20. The molecule has 21 heavy (non-hydrogen) atoms. The summed E-state index contributed by atoms with van der Waals surface area (Å²) in [5, 5.41) is 11.3. The SMILES string of the molecule is COc1ccc(Sc2ccc(C#N)c3ccccc23)cc1. The van der Waals surface area contributed by atoms with Crippen molar-refractivity contribution >= 4 is 22.5 Å². The lowest BCUT2D eigenvalue weighted by Gasteiger charge is -2.08. The van der Waals surface area contributed by atoms with Crippen LogP contribution in [0.25, 0.3) is 10.8 Å². The molecule has 0 fully saturated rings. The fourth-order valence-corrected chi connectivity index (χ4v) is 3.18. The molecule has 0 bridgehead atoms. The number of methoxy groups -OCH3 is 1. The highest BCUT2D eigenvalue weighted by molar-refractivity contribution is 7.99. The van der Waals surface area contributed by atoms with Crippen molar-refractivity contribution in [3.8, 4) is 11.8 Å². The minimum atomic E-state index is 0.713. The van der Waals surface area contributed by atoms with Gasteiger partial charge in [0.15, 0.2) is 0 Å². The first-order valence-electron chi connectivity index (χ1n) is 6.55. The van der Waals surface area contributed by atoms with E-state index in [1.54, 1.807) is 18.9 Å². The van der Waals surface area contributed by atoms with Crippen LogP contribution in [0.4, 0.5) is 0 Å². The van der Waals surface area contributed by atoms with E-state index >= 15 is 0 Å². The van der Waals surface area contributed by atoms with Gasteiger partial charge >= 0.3 is 0 Å². The molecule has 0 aliphatic rings. The maximum Gasteiger partial charge on any atom is 0.118 e. The Labute approximate surface area is 128 Å². The van der Waals surface area contributed by atoms with Crippen molar-refractivity contribution < 1.29 is 4.74 Å². The first-order valence-corrected chi connectivity index (χ1v) is 7.37. The van der Waals surface area contributed by atoms with E-state index in [9.17, 15) is 5.26 Å². The summed E-state index contributed by atoms with van der Waals surface area (Å²) in [7, 11) is 1.66. The van der Waals surface area contributed by atoms with E-state index in [-0.39, 0.29) is 0 Å². The molecular weight excluding hydrogens is 278 g/mol. The molecule has 0 heterocycles. The molecule has 0 aromatic heterocycles. The third-order valence-electron chi connectivity index (χ3n) is 3.29. The van der Waals surface area contributed by atoms with Gasteiger partial charge in [0.25, 0.3) is 0 Å². The molecule has 0 unspecified atom stereocenters. The highest BCUT2D eigenvalue weighted by atomic mass is 32.2. The number of fused-ring (bicyclic) bond motifs is 1. The Hall–Kier alpha value is -2.44. The highest BCUT2D eigenvalue weighted by Gasteiger charge is 2.07. The molecule has 102 valence electrons. The summed E-state index contributed by atoms with van der Waals surface area (Å²) >= 11 is 1.69. The molecule has 2 nitrogen and oxygen atoms in total. The van der Waals surface area contributed by atoms with Crippen LogP contribution >= 0.6 is 11.8 Å². The Morgan fingerprint density at radius 2 is 1.62 bits per heavy atom. The lowest BCUT2D eigenvalue weighted by Crippen LogP contribution is -1.84. The molecule has 0 radical (unpaired) electrons. The summed E-state index contributed by atoms with van der Waals surface area (Å²) in [5.41, 5.74) is 0.713. The highest BCUT2D eigenvalue weighted by Crippen LogP contribution is 2.35. The summed E-state index contributed by atoms with van der Waals surface area (Å²) in [4.78, 5) is 2.29. The zero-order chi connectivity index (χ0) is 14.7. The summed E-state index contributed by atoms with van der Waals surface area (Å²) in [6, 6.07) is 22.1. The zero-order valence-corrected chi connectivity index (χ0v) is 12.4. The number of nitrogens with zero attached hydrogens (tertiary/aromatic N) is 1. The third kappa shape index (κ3) is 2.72. The van der Waals surface area contributed by atoms with Crippen molar-refractivity contribution in [1.29, 1.82) is 5.26 Å². The largest absolute Gasteiger partial charge is 0.497 e. The van der Waals surface area contributed by atoms with E-state index in [2.05, 4.69) is 12.1 Å². The van der Waals surface area contributed by atoms with Gasteiger partial charge in [0.2, 0.25) is 0 Å². The normalized spacial score (nSPS) is 10.3. The summed E-state index contributed by atoms with van der Waals surface area (Å²) in [6.07, 6.45) is 0. The minimum Gasteiger partial charge on any atom is -0.497 e. The summed E-state index contributed by atoms with van der Waals surface area (Å²) in [6.45, 7) is 0. The molecule has 0 amide bonds. The van der Waals surface area contributed by atoms with Crippen molar-refractivity contribution in [2.24, 2.45) is 0 Å². The van der Waals surface area contributed by atoms with Gasteiger partial charge in [-0.2, -0.15) is 5.26 Å². The average molecular weight is 291 g/mol. The number of ether oxygens (including phenoxy) is 1. The van der Waals surface area contributed by atoms with Crippen LogP contribution in [-0.2, 0) is 0 Å². The van der Waals surface area contributed by atoms with Gasteiger partial charge in [0.1, 0.15) is 5.75 Å². The third-order valence-corrected chi connectivity index (χ3v) is 4.38. The molecule has 0 aliphatic heterocycles. The Balaban J connectivity index is 2.02. The molecular formula is C18H13NOS.